The molecule has 1 aromatic rings. The number of nitrogens with two attached hydrogens (primary N) is 1. The Morgan fingerprint density at radius 1 is 1.50 bits per heavy atom. The summed E-state index contributed by atoms with van der Waals surface area (Å²) in [7, 11) is 1.77. The highest BCUT2D eigenvalue weighted by molar-refractivity contribution is 5.99. The molecule has 0 unspecified atom stereocenters. The number of nitrogen functional groups attached to an aromatic ring is 1. The minimum Gasteiger partial charge on any atom is -0.398 e. The molecule has 0 aliphatic heterocycles. The van der Waals surface area contributed by atoms with Crippen molar-refractivity contribution in [3.8, 4) is 0 Å². The topological polar surface area (TPSA) is 46.3 Å². The van der Waals surface area contributed by atoms with Crippen molar-refractivity contribution in [1.29, 1.82) is 0 Å². The average Bonchev–Trinajstić information content (AvgIpc) is 2.14. The number of amides is 1. The molecule has 86 valence electrons. The van der Waals surface area contributed by atoms with Crippen LogP contribution in [0.15, 0.2) is 18.2 Å². The zero-order valence-electron chi connectivity index (χ0n) is 9.24. The van der Waals surface area contributed by atoms with Crippen molar-refractivity contribution in [3.05, 3.63) is 29.6 Å². The fourth-order valence-corrected chi connectivity index (χ4v) is 1.86. The molecule has 3 nitrogen and oxygen atoms in total. The molecule has 2 rings (SSSR count). The van der Waals surface area contributed by atoms with Gasteiger partial charge >= 0.3 is 0 Å². The molecule has 1 aliphatic rings. The number of benzene rings is 1. The lowest BCUT2D eigenvalue weighted by Gasteiger charge is -2.34. The summed E-state index contributed by atoms with van der Waals surface area (Å²) >= 11 is 0. The van der Waals surface area contributed by atoms with E-state index in [0.29, 0.717) is 11.6 Å². The Morgan fingerprint density at radius 2 is 2.19 bits per heavy atom. The molecule has 4 heteroatoms. The van der Waals surface area contributed by atoms with E-state index < -0.39 is 5.82 Å². The van der Waals surface area contributed by atoms with Crippen molar-refractivity contribution < 1.29 is 9.18 Å². The number of halogens is 1. The standard InChI is InChI=1S/C12H15FN2O/c1-15(9-3-2-4-9)12(16)10-6-5-8(13)7-11(10)14/h5-7,9H,2-4,14H2,1H3. The van der Waals surface area contributed by atoms with Gasteiger partial charge in [-0.25, -0.2) is 4.39 Å². The lowest BCUT2D eigenvalue weighted by Crippen LogP contribution is -2.41. The SMILES string of the molecule is CN(C(=O)c1ccc(F)cc1N)C1CCC1. The largest absolute Gasteiger partial charge is 0.398 e. The van der Waals surface area contributed by atoms with Gasteiger partial charge < -0.3 is 10.6 Å². The van der Waals surface area contributed by atoms with Gasteiger partial charge in [0, 0.05) is 18.8 Å². The molecule has 1 aliphatic carbocycles. The van der Waals surface area contributed by atoms with Crippen LogP contribution in [0.3, 0.4) is 0 Å². The van der Waals surface area contributed by atoms with Crippen molar-refractivity contribution in [2.45, 2.75) is 25.3 Å². The van der Waals surface area contributed by atoms with Crippen LogP contribution in [0.5, 0.6) is 0 Å². The Labute approximate surface area is 94.0 Å². The van der Waals surface area contributed by atoms with Crippen LogP contribution in [-0.2, 0) is 0 Å². The van der Waals surface area contributed by atoms with E-state index in [4.69, 9.17) is 5.73 Å². The number of carbonyl (C=O) groups is 1. The number of hydrogen-bond acceptors (Lipinski definition) is 2. The summed E-state index contributed by atoms with van der Waals surface area (Å²) in [6.45, 7) is 0. The van der Waals surface area contributed by atoms with Gasteiger partial charge in [-0.3, -0.25) is 4.79 Å². The van der Waals surface area contributed by atoms with Crippen LogP contribution < -0.4 is 5.73 Å². The van der Waals surface area contributed by atoms with E-state index in [1.54, 1.807) is 11.9 Å². The van der Waals surface area contributed by atoms with E-state index in [-0.39, 0.29) is 11.6 Å². The lowest BCUT2D eigenvalue weighted by atomic mass is 9.91. The van der Waals surface area contributed by atoms with Gasteiger partial charge in [-0.2, -0.15) is 0 Å². The molecule has 0 atom stereocenters. The third-order valence-corrected chi connectivity index (χ3v) is 3.19. The van der Waals surface area contributed by atoms with Crippen molar-refractivity contribution in [3.63, 3.8) is 0 Å². The predicted molar refractivity (Wildman–Crippen MR) is 60.5 cm³/mol. The van der Waals surface area contributed by atoms with Gasteiger partial charge in [0.05, 0.1) is 5.56 Å². The second kappa shape index (κ2) is 4.12. The van der Waals surface area contributed by atoms with Crippen LogP contribution in [0.1, 0.15) is 29.6 Å². The Bertz CT molecular complexity index is 415. The van der Waals surface area contributed by atoms with Gasteiger partial charge in [-0.1, -0.05) is 0 Å². The molecule has 1 fully saturated rings. The van der Waals surface area contributed by atoms with Crippen molar-refractivity contribution in [2.24, 2.45) is 0 Å². The van der Waals surface area contributed by atoms with E-state index in [2.05, 4.69) is 0 Å². The Kier molecular flexibility index (Phi) is 2.81. The van der Waals surface area contributed by atoms with E-state index >= 15 is 0 Å². The van der Waals surface area contributed by atoms with Crippen molar-refractivity contribution in [1.82, 2.24) is 4.90 Å². The fourth-order valence-electron chi connectivity index (χ4n) is 1.86. The number of carbonyl (C=O) groups excluding carboxylic acids is 1. The van der Waals surface area contributed by atoms with Gasteiger partial charge in [0.1, 0.15) is 5.82 Å². The maximum absolute atomic E-state index is 12.8. The van der Waals surface area contributed by atoms with Crippen LogP contribution in [0.2, 0.25) is 0 Å². The summed E-state index contributed by atoms with van der Waals surface area (Å²) < 4.78 is 12.8. The predicted octanol–water partition coefficient (Wildman–Crippen LogP) is 2.03. The van der Waals surface area contributed by atoms with Gasteiger partial charge in [0.25, 0.3) is 5.91 Å². The number of nitrogens with zero attached hydrogens (tertiary/aromatic N) is 1. The molecule has 0 radical (unpaired) electrons. The molecule has 0 spiro atoms. The molecular formula is C12H15FN2O. The van der Waals surface area contributed by atoms with E-state index in [1.807, 2.05) is 0 Å². The Hall–Kier alpha value is -1.58. The van der Waals surface area contributed by atoms with Gasteiger partial charge in [0.2, 0.25) is 0 Å². The second-order valence-electron chi connectivity index (χ2n) is 4.23. The first kappa shape index (κ1) is 10.9. The molecule has 16 heavy (non-hydrogen) atoms. The number of anilines is 1. The highest BCUT2D eigenvalue weighted by atomic mass is 19.1. The first-order valence-corrected chi connectivity index (χ1v) is 5.42. The minimum atomic E-state index is -0.416. The Balaban J connectivity index is 2.19. The van der Waals surface area contributed by atoms with E-state index in [1.165, 1.54) is 24.6 Å². The molecule has 1 saturated carbocycles. The maximum Gasteiger partial charge on any atom is 0.255 e. The van der Waals surface area contributed by atoms with Crippen LogP contribution >= 0.6 is 0 Å². The summed E-state index contributed by atoms with van der Waals surface area (Å²) in [4.78, 5) is 13.7. The zero-order chi connectivity index (χ0) is 11.7. The van der Waals surface area contributed by atoms with Crippen molar-refractivity contribution in [2.75, 3.05) is 12.8 Å². The summed E-state index contributed by atoms with van der Waals surface area (Å²) in [5.41, 5.74) is 6.22. The fraction of sp³-hybridized carbons (Fsp3) is 0.417. The average molecular weight is 222 g/mol. The first-order chi connectivity index (χ1) is 7.59. The maximum atomic E-state index is 12.8. The quantitative estimate of drug-likeness (QED) is 0.778. The summed E-state index contributed by atoms with van der Waals surface area (Å²) in [6.07, 6.45) is 3.26. The molecule has 2 N–H and O–H groups in total. The van der Waals surface area contributed by atoms with Gasteiger partial charge in [0.15, 0.2) is 0 Å². The van der Waals surface area contributed by atoms with E-state index in [9.17, 15) is 9.18 Å². The van der Waals surface area contributed by atoms with Crippen LogP contribution in [0.25, 0.3) is 0 Å². The number of hydrogen-bond donors (Lipinski definition) is 1. The molecular weight excluding hydrogens is 207 g/mol. The second-order valence-corrected chi connectivity index (χ2v) is 4.23. The number of rotatable bonds is 2. The third kappa shape index (κ3) is 1.87. The van der Waals surface area contributed by atoms with E-state index in [0.717, 1.165) is 12.8 Å². The minimum absolute atomic E-state index is 0.123. The highest BCUT2D eigenvalue weighted by Crippen LogP contribution is 2.26. The summed E-state index contributed by atoms with van der Waals surface area (Å²) in [6, 6.07) is 4.21. The van der Waals surface area contributed by atoms with Crippen molar-refractivity contribution >= 4 is 11.6 Å². The molecule has 0 aromatic heterocycles. The summed E-state index contributed by atoms with van der Waals surface area (Å²) in [5.74, 6) is -0.539. The zero-order valence-corrected chi connectivity index (χ0v) is 9.24. The van der Waals surface area contributed by atoms with Gasteiger partial charge in [-0.05, 0) is 37.5 Å². The third-order valence-electron chi connectivity index (χ3n) is 3.19. The lowest BCUT2D eigenvalue weighted by molar-refractivity contribution is 0.0653. The monoisotopic (exact) mass is 222 g/mol. The first-order valence-electron chi connectivity index (χ1n) is 5.42. The van der Waals surface area contributed by atoms with Crippen LogP contribution in [0.4, 0.5) is 10.1 Å². The highest BCUT2D eigenvalue weighted by Gasteiger charge is 2.27. The molecule has 0 bridgehead atoms. The molecule has 1 amide bonds. The Morgan fingerprint density at radius 3 is 2.69 bits per heavy atom. The van der Waals surface area contributed by atoms with Crippen LogP contribution in [-0.4, -0.2) is 23.9 Å². The smallest absolute Gasteiger partial charge is 0.255 e. The molecule has 1 aromatic carbocycles. The summed E-state index contributed by atoms with van der Waals surface area (Å²) in [5, 5.41) is 0. The molecule has 0 saturated heterocycles. The van der Waals surface area contributed by atoms with Crippen LogP contribution in [0, 0.1) is 5.82 Å². The molecule has 0 heterocycles. The van der Waals surface area contributed by atoms with Gasteiger partial charge in [-0.15, -0.1) is 0 Å². The normalized spacial score (nSPS) is 15.6.